The zero-order chi connectivity index (χ0) is 15.7. The monoisotopic (exact) mass is 278 g/mol. The number of aromatic nitrogens is 1. The molecule has 0 aliphatic rings. The Morgan fingerprint density at radius 1 is 1.20 bits per heavy atom. The van der Waals surface area contributed by atoms with Gasteiger partial charge in [-0.25, -0.2) is 0 Å². The Hall–Kier alpha value is -1.25. The maximum atomic E-state index is 10.6. The van der Waals surface area contributed by atoms with Gasteiger partial charge in [-0.05, 0) is 60.5 Å². The zero-order valence-electron chi connectivity index (χ0n) is 14.3. The third kappa shape index (κ3) is 3.25. The Balaban J connectivity index is 3.34. The van der Waals surface area contributed by atoms with E-state index >= 15 is 0 Å². The minimum Gasteiger partial charge on any atom is -0.494 e. The third-order valence-electron chi connectivity index (χ3n) is 4.35. The molecule has 1 heterocycles. The topological polar surface area (TPSA) is 37.5 Å². The van der Waals surface area contributed by atoms with Crippen molar-refractivity contribution in [2.45, 2.75) is 79.3 Å². The Morgan fingerprint density at radius 3 is 2.20 bits per heavy atom. The van der Waals surface area contributed by atoms with Gasteiger partial charge in [-0.1, -0.05) is 13.8 Å². The summed E-state index contributed by atoms with van der Waals surface area (Å²) in [5, 5.41) is 10.6. The molecule has 1 rings (SSSR count). The summed E-state index contributed by atoms with van der Waals surface area (Å²) in [6.07, 6.45) is 1.94. The highest BCUT2D eigenvalue weighted by molar-refractivity contribution is 6.01. The molecule has 0 unspecified atom stereocenters. The minimum atomic E-state index is -0.0905. The molecule has 1 aromatic heterocycles. The second kappa shape index (κ2) is 5.63. The van der Waals surface area contributed by atoms with Crippen LogP contribution in [-0.4, -0.2) is 20.9 Å². The summed E-state index contributed by atoms with van der Waals surface area (Å²) < 4.78 is 2.01. The van der Waals surface area contributed by atoms with E-state index < -0.39 is 0 Å². The van der Waals surface area contributed by atoms with Crippen molar-refractivity contribution in [3.05, 3.63) is 17.3 Å². The fraction of sp³-hybridized carbons (Fsp3) is 0.706. The van der Waals surface area contributed by atoms with Crippen molar-refractivity contribution < 1.29 is 5.11 Å². The number of nitrogens with zero attached hydrogens (tertiary/aromatic N) is 2. The lowest BCUT2D eigenvalue weighted by Crippen LogP contribution is -2.25. The SMILES string of the molecule is CCC(C)(C)N=C(C)c1cc(C)n(C(C)(C)CC)c1O. The van der Waals surface area contributed by atoms with Crippen LogP contribution in [0, 0.1) is 6.92 Å². The van der Waals surface area contributed by atoms with E-state index in [1.807, 2.05) is 24.5 Å². The molecule has 114 valence electrons. The van der Waals surface area contributed by atoms with E-state index in [2.05, 4.69) is 41.5 Å². The second-order valence-corrected chi connectivity index (χ2v) is 6.89. The Kier molecular flexibility index (Phi) is 4.73. The van der Waals surface area contributed by atoms with Gasteiger partial charge in [0.15, 0.2) is 0 Å². The van der Waals surface area contributed by atoms with Crippen LogP contribution in [0.4, 0.5) is 0 Å². The molecular weight excluding hydrogens is 248 g/mol. The smallest absolute Gasteiger partial charge is 0.200 e. The predicted molar refractivity (Wildman–Crippen MR) is 87.0 cm³/mol. The maximum absolute atomic E-state index is 10.6. The van der Waals surface area contributed by atoms with Crippen LogP contribution in [0.15, 0.2) is 11.1 Å². The van der Waals surface area contributed by atoms with Gasteiger partial charge in [-0.2, -0.15) is 0 Å². The first kappa shape index (κ1) is 16.8. The molecule has 0 saturated carbocycles. The minimum absolute atomic E-state index is 0.0903. The van der Waals surface area contributed by atoms with Gasteiger partial charge < -0.3 is 9.67 Å². The van der Waals surface area contributed by atoms with Crippen LogP contribution < -0.4 is 0 Å². The van der Waals surface area contributed by atoms with Gasteiger partial charge in [0.1, 0.15) is 0 Å². The van der Waals surface area contributed by atoms with Crippen LogP contribution >= 0.6 is 0 Å². The molecule has 0 atom stereocenters. The number of aromatic hydroxyl groups is 1. The molecule has 0 aliphatic heterocycles. The van der Waals surface area contributed by atoms with E-state index in [4.69, 9.17) is 4.99 Å². The van der Waals surface area contributed by atoms with E-state index in [-0.39, 0.29) is 11.1 Å². The van der Waals surface area contributed by atoms with Gasteiger partial charge in [-0.15, -0.1) is 0 Å². The Bertz CT molecular complexity index is 507. The summed E-state index contributed by atoms with van der Waals surface area (Å²) in [5.74, 6) is 0.336. The Morgan fingerprint density at radius 2 is 1.75 bits per heavy atom. The van der Waals surface area contributed by atoms with Crippen molar-refractivity contribution in [1.29, 1.82) is 0 Å². The number of aryl methyl sites for hydroxylation is 1. The molecule has 0 amide bonds. The van der Waals surface area contributed by atoms with Gasteiger partial charge in [0.2, 0.25) is 5.88 Å². The average molecular weight is 278 g/mol. The molecule has 0 aromatic carbocycles. The molecule has 0 saturated heterocycles. The molecule has 3 nitrogen and oxygen atoms in total. The highest BCUT2D eigenvalue weighted by Gasteiger charge is 2.26. The van der Waals surface area contributed by atoms with Crippen molar-refractivity contribution >= 4 is 5.71 Å². The molecule has 0 bridgehead atoms. The number of hydrogen-bond acceptors (Lipinski definition) is 2. The van der Waals surface area contributed by atoms with E-state index in [0.29, 0.717) is 5.88 Å². The van der Waals surface area contributed by atoms with Crippen molar-refractivity contribution in [3.63, 3.8) is 0 Å². The normalized spacial score (nSPS) is 13.9. The quantitative estimate of drug-likeness (QED) is 0.782. The molecule has 1 aromatic rings. The molecule has 20 heavy (non-hydrogen) atoms. The lowest BCUT2D eigenvalue weighted by molar-refractivity contribution is 0.288. The summed E-state index contributed by atoms with van der Waals surface area (Å²) in [4.78, 5) is 4.76. The van der Waals surface area contributed by atoms with E-state index in [9.17, 15) is 5.11 Å². The Labute approximate surface area is 123 Å². The van der Waals surface area contributed by atoms with Gasteiger partial charge in [0, 0.05) is 16.9 Å². The average Bonchev–Trinajstić information content (AvgIpc) is 2.65. The lowest BCUT2D eigenvalue weighted by atomic mass is 10.0. The summed E-state index contributed by atoms with van der Waals surface area (Å²) >= 11 is 0. The molecule has 0 fully saturated rings. The van der Waals surface area contributed by atoms with Gasteiger partial charge in [0.25, 0.3) is 0 Å². The molecule has 0 radical (unpaired) electrons. The summed E-state index contributed by atoms with van der Waals surface area (Å²) in [6, 6.07) is 2.04. The van der Waals surface area contributed by atoms with Crippen molar-refractivity contribution in [3.8, 4) is 5.88 Å². The van der Waals surface area contributed by atoms with Crippen LogP contribution in [0.5, 0.6) is 5.88 Å². The zero-order valence-corrected chi connectivity index (χ0v) is 14.3. The second-order valence-electron chi connectivity index (χ2n) is 6.89. The largest absolute Gasteiger partial charge is 0.494 e. The van der Waals surface area contributed by atoms with Crippen LogP contribution in [-0.2, 0) is 5.54 Å². The summed E-state index contributed by atoms with van der Waals surface area (Å²) in [7, 11) is 0. The molecule has 0 aliphatic carbocycles. The highest BCUT2D eigenvalue weighted by Crippen LogP contribution is 2.33. The number of aliphatic imine (C=N–C) groups is 1. The lowest BCUT2D eigenvalue weighted by Gasteiger charge is -2.28. The fourth-order valence-corrected chi connectivity index (χ4v) is 2.41. The predicted octanol–water partition coefficient (Wildman–Crippen LogP) is 4.64. The molecule has 3 heteroatoms. The van der Waals surface area contributed by atoms with Gasteiger partial charge >= 0.3 is 0 Å². The van der Waals surface area contributed by atoms with E-state index in [1.165, 1.54) is 0 Å². The van der Waals surface area contributed by atoms with Crippen LogP contribution in [0.1, 0.15) is 72.6 Å². The fourth-order valence-electron chi connectivity index (χ4n) is 2.41. The first-order valence-electron chi connectivity index (χ1n) is 7.54. The summed E-state index contributed by atoms with van der Waals surface area (Å²) in [6.45, 7) is 16.8. The summed E-state index contributed by atoms with van der Waals surface area (Å²) in [5.41, 5.74) is 2.65. The van der Waals surface area contributed by atoms with Crippen LogP contribution in [0.2, 0.25) is 0 Å². The number of rotatable bonds is 5. The van der Waals surface area contributed by atoms with Gasteiger partial charge in [0.05, 0.1) is 11.1 Å². The molecular formula is C17H30N2O. The number of hydrogen-bond donors (Lipinski definition) is 1. The molecule has 0 spiro atoms. The van der Waals surface area contributed by atoms with E-state index in [1.54, 1.807) is 0 Å². The van der Waals surface area contributed by atoms with E-state index in [0.717, 1.165) is 29.8 Å². The first-order valence-corrected chi connectivity index (χ1v) is 7.54. The first-order chi connectivity index (χ1) is 9.05. The van der Waals surface area contributed by atoms with Crippen LogP contribution in [0.25, 0.3) is 0 Å². The molecule has 1 N–H and O–H groups in total. The van der Waals surface area contributed by atoms with Gasteiger partial charge in [-0.3, -0.25) is 4.99 Å². The standard InChI is InChI=1S/C17H30N2O/c1-9-16(5,6)18-13(4)14-11-12(3)19(15(14)20)17(7,8)10-2/h11,20H,9-10H2,1-8H3. The maximum Gasteiger partial charge on any atom is 0.200 e. The van der Waals surface area contributed by atoms with Crippen LogP contribution in [0.3, 0.4) is 0 Å². The highest BCUT2D eigenvalue weighted by atomic mass is 16.3. The van der Waals surface area contributed by atoms with Crippen molar-refractivity contribution in [2.24, 2.45) is 4.99 Å². The third-order valence-corrected chi connectivity index (χ3v) is 4.35. The van der Waals surface area contributed by atoms with Crippen molar-refractivity contribution in [2.75, 3.05) is 0 Å². The van der Waals surface area contributed by atoms with Crippen molar-refractivity contribution in [1.82, 2.24) is 4.57 Å².